The molecule has 1 unspecified atom stereocenters. The Labute approximate surface area is 99.0 Å². The number of halogens is 1. The van der Waals surface area contributed by atoms with Crippen LogP contribution in [0.1, 0.15) is 25.7 Å². The van der Waals surface area contributed by atoms with Gasteiger partial charge in [0.2, 0.25) is 0 Å². The first-order chi connectivity index (χ1) is 7.29. The molecule has 0 radical (unpaired) electrons. The Morgan fingerprint density at radius 1 is 1.60 bits per heavy atom. The first-order valence-corrected chi connectivity index (χ1v) is 6.63. The molecule has 84 valence electrons. The Bertz CT molecular complexity index is 309. The number of thiazole rings is 1. The van der Waals surface area contributed by atoms with Crippen molar-refractivity contribution in [1.29, 1.82) is 0 Å². The molecule has 1 fully saturated rings. The third kappa shape index (κ3) is 2.83. The molecule has 0 aliphatic heterocycles. The topological polar surface area (TPSA) is 50.9 Å². The Morgan fingerprint density at radius 2 is 2.33 bits per heavy atom. The van der Waals surface area contributed by atoms with Crippen LogP contribution >= 0.6 is 22.9 Å². The van der Waals surface area contributed by atoms with Crippen LogP contribution in [0, 0.1) is 5.92 Å². The number of anilines is 1. The van der Waals surface area contributed by atoms with E-state index in [0.29, 0.717) is 23.7 Å². The molecule has 2 rings (SSSR count). The summed E-state index contributed by atoms with van der Waals surface area (Å²) in [4.78, 5) is 4.19. The van der Waals surface area contributed by atoms with Crippen molar-refractivity contribution < 1.29 is 0 Å². The van der Waals surface area contributed by atoms with Crippen molar-refractivity contribution in [3.05, 3.63) is 10.5 Å². The summed E-state index contributed by atoms with van der Waals surface area (Å²) in [5.74, 6) is 0.706. The average Bonchev–Trinajstić information content (AvgIpc) is 2.85. The molecule has 15 heavy (non-hydrogen) atoms. The van der Waals surface area contributed by atoms with Crippen LogP contribution in [0.5, 0.6) is 0 Å². The minimum Gasteiger partial charge on any atom is -0.357 e. The van der Waals surface area contributed by atoms with Gasteiger partial charge >= 0.3 is 0 Å². The van der Waals surface area contributed by atoms with E-state index in [-0.39, 0.29) is 0 Å². The monoisotopic (exact) mass is 245 g/mol. The summed E-state index contributed by atoms with van der Waals surface area (Å²) in [5.41, 5.74) is 5.79. The van der Waals surface area contributed by atoms with Crippen LogP contribution in [0.25, 0.3) is 0 Å². The molecule has 1 aromatic rings. The minimum atomic E-state index is 0.356. The van der Waals surface area contributed by atoms with Gasteiger partial charge in [0.1, 0.15) is 5.15 Å². The van der Waals surface area contributed by atoms with Gasteiger partial charge in [-0.2, -0.15) is 0 Å². The Morgan fingerprint density at radius 3 is 2.87 bits per heavy atom. The second kappa shape index (κ2) is 5.14. The lowest BCUT2D eigenvalue weighted by atomic mass is 9.98. The van der Waals surface area contributed by atoms with Gasteiger partial charge in [-0.15, -0.1) is 11.3 Å². The number of rotatable bonds is 4. The molecule has 1 saturated carbocycles. The van der Waals surface area contributed by atoms with Gasteiger partial charge < -0.3 is 11.1 Å². The minimum absolute atomic E-state index is 0.356. The van der Waals surface area contributed by atoms with Gasteiger partial charge in [-0.05, 0) is 18.8 Å². The van der Waals surface area contributed by atoms with Gasteiger partial charge in [-0.25, -0.2) is 4.98 Å². The Kier molecular flexibility index (Phi) is 3.83. The SMILES string of the molecule is NCC(Nc1nc(Cl)cs1)C1CCCC1. The summed E-state index contributed by atoms with van der Waals surface area (Å²) in [5, 5.41) is 6.68. The number of hydrogen-bond donors (Lipinski definition) is 2. The van der Waals surface area contributed by atoms with Crippen molar-refractivity contribution in [3.63, 3.8) is 0 Å². The maximum Gasteiger partial charge on any atom is 0.184 e. The predicted octanol–water partition coefficient (Wildman–Crippen LogP) is 2.73. The molecule has 3 nitrogen and oxygen atoms in total. The highest BCUT2D eigenvalue weighted by molar-refractivity contribution is 7.14. The summed E-state index contributed by atoms with van der Waals surface area (Å²) in [7, 11) is 0. The average molecular weight is 246 g/mol. The zero-order valence-corrected chi connectivity index (χ0v) is 10.2. The van der Waals surface area contributed by atoms with Gasteiger partial charge in [0.15, 0.2) is 5.13 Å². The van der Waals surface area contributed by atoms with Crippen LogP contribution in [0.2, 0.25) is 5.15 Å². The summed E-state index contributed by atoms with van der Waals surface area (Å²) in [6.45, 7) is 0.669. The first kappa shape index (κ1) is 11.2. The summed E-state index contributed by atoms with van der Waals surface area (Å²) in [6, 6.07) is 0.356. The molecule has 3 N–H and O–H groups in total. The molecule has 1 atom stereocenters. The molecule has 0 bridgehead atoms. The molecule has 1 heterocycles. The fourth-order valence-corrected chi connectivity index (χ4v) is 3.11. The highest BCUT2D eigenvalue weighted by Crippen LogP contribution is 2.30. The van der Waals surface area contributed by atoms with Crippen molar-refractivity contribution in [2.45, 2.75) is 31.7 Å². The second-order valence-electron chi connectivity index (χ2n) is 4.01. The molecule has 1 aromatic heterocycles. The summed E-state index contributed by atoms with van der Waals surface area (Å²) in [6.07, 6.45) is 5.24. The number of nitrogens with zero attached hydrogens (tertiary/aromatic N) is 1. The smallest absolute Gasteiger partial charge is 0.184 e. The normalized spacial score (nSPS) is 19.3. The number of aromatic nitrogens is 1. The highest BCUT2D eigenvalue weighted by atomic mass is 35.5. The van der Waals surface area contributed by atoms with Crippen molar-refractivity contribution >= 4 is 28.1 Å². The molecular weight excluding hydrogens is 230 g/mol. The lowest BCUT2D eigenvalue weighted by molar-refractivity contribution is 0.462. The predicted molar refractivity (Wildman–Crippen MR) is 65.5 cm³/mol. The van der Waals surface area contributed by atoms with E-state index >= 15 is 0 Å². The Balaban J connectivity index is 1.95. The van der Waals surface area contributed by atoms with Gasteiger partial charge in [0, 0.05) is 18.0 Å². The molecule has 0 saturated heterocycles. The lowest BCUT2D eigenvalue weighted by Gasteiger charge is -2.22. The standard InChI is InChI=1S/C10H16ClN3S/c11-9-6-15-10(14-9)13-8(5-12)7-3-1-2-4-7/h6-8H,1-5,12H2,(H,13,14). The number of nitrogens with two attached hydrogens (primary N) is 1. The van der Waals surface area contributed by atoms with E-state index < -0.39 is 0 Å². The van der Waals surface area contributed by atoms with E-state index in [1.165, 1.54) is 25.7 Å². The van der Waals surface area contributed by atoms with Gasteiger partial charge in [-0.1, -0.05) is 24.4 Å². The largest absolute Gasteiger partial charge is 0.357 e. The molecule has 0 amide bonds. The van der Waals surface area contributed by atoms with Gasteiger partial charge in [0.25, 0.3) is 0 Å². The van der Waals surface area contributed by atoms with E-state index in [2.05, 4.69) is 10.3 Å². The van der Waals surface area contributed by atoms with E-state index in [4.69, 9.17) is 17.3 Å². The van der Waals surface area contributed by atoms with Gasteiger partial charge in [-0.3, -0.25) is 0 Å². The second-order valence-corrected chi connectivity index (χ2v) is 5.25. The number of nitrogens with one attached hydrogen (secondary N) is 1. The third-order valence-electron chi connectivity index (χ3n) is 3.01. The van der Waals surface area contributed by atoms with Crippen LogP contribution in [-0.2, 0) is 0 Å². The maximum atomic E-state index is 5.79. The molecule has 0 aromatic carbocycles. The summed E-state index contributed by atoms with van der Waals surface area (Å²) < 4.78 is 0. The van der Waals surface area contributed by atoms with E-state index in [1.807, 2.05) is 5.38 Å². The zero-order chi connectivity index (χ0) is 10.7. The molecule has 5 heteroatoms. The van der Waals surface area contributed by atoms with Crippen LogP contribution in [0.15, 0.2) is 5.38 Å². The van der Waals surface area contributed by atoms with Crippen molar-refractivity contribution in [1.82, 2.24) is 4.98 Å². The van der Waals surface area contributed by atoms with E-state index in [0.717, 1.165) is 5.13 Å². The van der Waals surface area contributed by atoms with E-state index in [1.54, 1.807) is 11.3 Å². The quantitative estimate of drug-likeness (QED) is 0.858. The fourth-order valence-electron chi connectivity index (χ4n) is 2.21. The van der Waals surface area contributed by atoms with Gasteiger partial charge in [0.05, 0.1) is 0 Å². The molecule has 1 aliphatic rings. The maximum absolute atomic E-state index is 5.79. The lowest BCUT2D eigenvalue weighted by Crippen LogP contribution is -2.35. The van der Waals surface area contributed by atoms with Crippen molar-refractivity contribution in [2.75, 3.05) is 11.9 Å². The van der Waals surface area contributed by atoms with Crippen LogP contribution in [0.3, 0.4) is 0 Å². The van der Waals surface area contributed by atoms with Crippen molar-refractivity contribution in [2.24, 2.45) is 11.7 Å². The van der Waals surface area contributed by atoms with Crippen molar-refractivity contribution in [3.8, 4) is 0 Å². The van der Waals surface area contributed by atoms with E-state index in [9.17, 15) is 0 Å². The molecular formula is C10H16ClN3S. The summed E-state index contributed by atoms with van der Waals surface area (Å²) >= 11 is 7.32. The fraction of sp³-hybridized carbons (Fsp3) is 0.700. The first-order valence-electron chi connectivity index (χ1n) is 5.37. The van der Waals surface area contributed by atoms with Crippen LogP contribution < -0.4 is 11.1 Å². The third-order valence-corrected chi connectivity index (χ3v) is 4.10. The molecule has 1 aliphatic carbocycles. The molecule has 0 spiro atoms. The van der Waals surface area contributed by atoms with Crippen LogP contribution in [-0.4, -0.2) is 17.6 Å². The zero-order valence-electron chi connectivity index (χ0n) is 8.58. The van der Waals surface area contributed by atoms with Crippen LogP contribution in [0.4, 0.5) is 5.13 Å². The highest BCUT2D eigenvalue weighted by Gasteiger charge is 2.24. The number of hydrogen-bond acceptors (Lipinski definition) is 4. The Hall–Kier alpha value is -0.320.